The van der Waals surface area contributed by atoms with Gasteiger partial charge in [0, 0.05) is 23.0 Å². The van der Waals surface area contributed by atoms with Gasteiger partial charge < -0.3 is 11.5 Å². The van der Waals surface area contributed by atoms with E-state index in [-0.39, 0.29) is 0 Å². The van der Waals surface area contributed by atoms with Gasteiger partial charge in [-0.3, -0.25) is 0 Å². The van der Waals surface area contributed by atoms with E-state index < -0.39 is 0 Å². The van der Waals surface area contributed by atoms with Crippen molar-refractivity contribution >= 4 is 5.84 Å². The molecule has 1 atom stereocenters. The summed E-state index contributed by atoms with van der Waals surface area (Å²) in [5.41, 5.74) is 15.2. The fraction of sp³-hybridized carbons (Fsp3) is 0.500. The van der Waals surface area contributed by atoms with Gasteiger partial charge in [-0.1, -0.05) is 46.8 Å². The number of aliphatic imine (C=N–C) groups is 1. The Morgan fingerprint density at radius 2 is 1.86 bits per heavy atom. The van der Waals surface area contributed by atoms with Crippen LogP contribution in [0.3, 0.4) is 0 Å². The van der Waals surface area contributed by atoms with Crippen LogP contribution in [0.2, 0.25) is 0 Å². The summed E-state index contributed by atoms with van der Waals surface area (Å²) in [6.07, 6.45) is 8.36. The molecular formula is C18H29N3. The Morgan fingerprint density at radius 1 is 1.24 bits per heavy atom. The topological polar surface area (TPSA) is 64.4 Å². The third kappa shape index (κ3) is 4.35. The second kappa shape index (κ2) is 7.87. The maximum Gasteiger partial charge on any atom is 0.130 e. The van der Waals surface area contributed by atoms with E-state index in [4.69, 9.17) is 11.5 Å². The van der Waals surface area contributed by atoms with Crippen LogP contribution in [0.1, 0.15) is 46.5 Å². The van der Waals surface area contributed by atoms with Crippen LogP contribution in [0.25, 0.3) is 0 Å². The molecule has 0 fully saturated rings. The number of allylic oxidation sites excluding steroid dienone is 1. The lowest BCUT2D eigenvalue weighted by Crippen LogP contribution is -2.15. The van der Waals surface area contributed by atoms with Gasteiger partial charge in [0.2, 0.25) is 0 Å². The van der Waals surface area contributed by atoms with Gasteiger partial charge in [0.1, 0.15) is 5.84 Å². The molecule has 1 aliphatic rings. The molecule has 0 aromatic rings. The Hall–Kier alpha value is -1.77. The summed E-state index contributed by atoms with van der Waals surface area (Å²) in [4.78, 5) is 4.23. The Bertz CT molecular complexity index is 491. The van der Waals surface area contributed by atoms with Gasteiger partial charge in [0.15, 0.2) is 0 Å². The molecule has 0 amide bonds. The fourth-order valence-corrected chi connectivity index (χ4v) is 2.77. The summed E-state index contributed by atoms with van der Waals surface area (Å²) >= 11 is 0. The Balaban J connectivity index is 3.17. The highest BCUT2D eigenvalue weighted by Gasteiger charge is 2.22. The Kier molecular flexibility index (Phi) is 6.47. The number of nitrogens with two attached hydrogens (primary N) is 2. The van der Waals surface area contributed by atoms with Crippen molar-refractivity contribution in [2.45, 2.75) is 46.5 Å². The molecule has 0 saturated carbocycles. The second-order valence-corrected chi connectivity index (χ2v) is 5.73. The van der Waals surface area contributed by atoms with Crippen molar-refractivity contribution in [1.29, 1.82) is 0 Å². The minimum atomic E-state index is 0.430. The molecule has 0 aliphatic carbocycles. The van der Waals surface area contributed by atoms with E-state index in [2.05, 4.69) is 38.9 Å². The predicted octanol–water partition coefficient (Wildman–Crippen LogP) is 4.05. The molecule has 4 N–H and O–H groups in total. The Labute approximate surface area is 129 Å². The lowest BCUT2D eigenvalue weighted by atomic mass is 9.80. The third-order valence-electron chi connectivity index (χ3n) is 4.35. The van der Waals surface area contributed by atoms with Gasteiger partial charge in [-0.05, 0) is 36.3 Å². The van der Waals surface area contributed by atoms with Crippen LogP contribution >= 0.6 is 0 Å². The van der Waals surface area contributed by atoms with E-state index in [1.165, 1.54) is 18.4 Å². The molecule has 0 spiro atoms. The standard InChI is InChI=1S/C18H29N3/c1-6-14(7-2)10-15(8-3)16-9-12(4)18(20)21-11-17(16)13(5)19/h9,11,14-15H,4-8,10,19H2,1-3H3,(H2,20,21). The van der Waals surface area contributed by atoms with Crippen LogP contribution in [-0.2, 0) is 0 Å². The van der Waals surface area contributed by atoms with E-state index in [1.807, 2.05) is 6.08 Å². The maximum atomic E-state index is 5.96. The third-order valence-corrected chi connectivity index (χ3v) is 4.35. The first-order valence-corrected chi connectivity index (χ1v) is 7.83. The van der Waals surface area contributed by atoms with Crippen molar-refractivity contribution in [3.8, 4) is 0 Å². The highest BCUT2D eigenvalue weighted by molar-refractivity contribution is 6.00. The van der Waals surface area contributed by atoms with Crippen molar-refractivity contribution in [2.24, 2.45) is 28.3 Å². The minimum absolute atomic E-state index is 0.430. The van der Waals surface area contributed by atoms with Crippen molar-refractivity contribution in [3.63, 3.8) is 0 Å². The molecule has 21 heavy (non-hydrogen) atoms. The molecule has 3 nitrogen and oxygen atoms in total. The Morgan fingerprint density at radius 3 is 2.33 bits per heavy atom. The SMILES string of the molecule is C=C(N)C1=CN=C(N)C(=C)C=C1C(CC)CC(CC)CC. The van der Waals surface area contributed by atoms with E-state index in [0.29, 0.717) is 17.5 Å². The van der Waals surface area contributed by atoms with Crippen LogP contribution in [0.5, 0.6) is 0 Å². The molecular weight excluding hydrogens is 258 g/mol. The lowest BCUT2D eigenvalue weighted by molar-refractivity contribution is 0.379. The molecule has 116 valence electrons. The monoisotopic (exact) mass is 287 g/mol. The van der Waals surface area contributed by atoms with Crippen LogP contribution < -0.4 is 11.5 Å². The second-order valence-electron chi connectivity index (χ2n) is 5.73. The summed E-state index contributed by atoms with van der Waals surface area (Å²) in [6, 6.07) is 0. The maximum absolute atomic E-state index is 5.96. The molecule has 1 heterocycles. The van der Waals surface area contributed by atoms with E-state index in [9.17, 15) is 0 Å². The average Bonchev–Trinajstić information content (AvgIpc) is 2.60. The van der Waals surface area contributed by atoms with E-state index >= 15 is 0 Å². The van der Waals surface area contributed by atoms with Crippen molar-refractivity contribution in [3.05, 3.63) is 47.9 Å². The van der Waals surface area contributed by atoms with E-state index in [0.717, 1.165) is 29.9 Å². The molecule has 0 aromatic heterocycles. The highest BCUT2D eigenvalue weighted by Crippen LogP contribution is 2.34. The molecule has 0 aromatic carbocycles. The zero-order valence-corrected chi connectivity index (χ0v) is 13.7. The van der Waals surface area contributed by atoms with Crippen molar-refractivity contribution < 1.29 is 0 Å². The largest absolute Gasteiger partial charge is 0.399 e. The van der Waals surface area contributed by atoms with Crippen LogP contribution in [0.15, 0.2) is 52.8 Å². The van der Waals surface area contributed by atoms with Gasteiger partial charge in [-0.15, -0.1) is 0 Å². The number of rotatable bonds is 7. The summed E-state index contributed by atoms with van der Waals surface area (Å²) in [7, 11) is 0. The summed E-state index contributed by atoms with van der Waals surface area (Å²) in [5.74, 6) is 1.60. The van der Waals surface area contributed by atoms with Crippen molar-refractivity contribution in [1.82, 2.24) is 0 Å². The van der Waals surface area contributed by atoms with Crippen LogP contribution in [0, 0.1) is 11.8 Å². The molecule has 0 radical (unpaired) electrons. The summed E-state index contributed by atoms with van der Waals surface area (Å²) in [6.45, 7) is 14.6. The van der Waals surface area contributed by atoms with Gasteiger partial charge >= 0.3 is 0 Å². The first-order valence-electron chi connectivity index (χ1n) is 7.83. The smallest absolute Gasteiger partial charge is 0.130 e. The average molecular weight is 287 g/mol. The molecule has 0 bridgehead atoms. The van der Waals surface area contributed by atoms with Gasteiger partial charge in [0.25, 0.3) is 0 Å². The fourth-order valence-electron chi connectivity index (χ4n) is 2.77. The van der Waals surface area contributed by atoms with Gasteiger partial charge in [-0.25, -0.2) is 4.99 Å². The number of hydrogen-bond donors (Lipinski definition) is 2. The zero-order chi connectivity index (χ0) is 16.0. The van der Waals surface area contributed by atoms with E-state index in [1.54, 1.807) is 6.20 Å². The number of amidine groups is 1. The number of hydrogen-bond acceptors (Lipinski definition) is 3. The van der Waals surface area contributed by atoms with Gasteiger partial charge in [-0.2, -0.15) is 0 Å². The number of nitrogens with zero attached hydrogens (tertiary/aromatic N) is 1. The molecule has 0 saturated heterocycles. The molecule has 3 heteroatoms. The normalized spacial score (nSPS) is 17.0. The minimum Gasteiger partial charge on any atom is -0.399 e. The molecule has 1 rings (SSSR count). The van der Waals surface area contributed by atoms with Crippen molar-refractivity contribution in [2.75, 3.05) is 0 Å². The summed E-state index contributed by atoms with van der Waals surface area (Å²) in [5, 5.41) is 0. The van der Waals surface area contributed by atoms with Gasteiger partial charge in [0.05, 0.1) is 0 Å². The zero-order valence-electron chi connectivity index (χ0n) is 13.7. The van der Waals surface area contributed by atoms with Crippen LogP contribution in [0.4, 0.5) is 0 Å². The molecule has 1 unspecified atom stereocenters. The first-order chi connectivity index (χ1) is 9.94. The predicted molar refractivity (Wildman–Crippen MR) is 92.7 cm³/mol. The quantitative estimate of drug-likeness (QED) is 0.742. The lowest BCUT2D eigenvalue weighted by Gasteiger charge is -2.25. The molecule has 1 aliphatic heterocycles. The highest BCUT2D eigenvalue weighted by atomic mass is 14.8. The summed E-state index contributed by atoms with van der Waals surface area (Å²) < 4.78 is 0. The van der Waals surface area contributed by atoms with Crippen LogP contribution in [-0.4, -0.2) is 5.84 Å². The first kappa shape index (κ1) is 17.3.